The molecule has 2 heterocycles. The van der Waals surface area contributed by atoms with E-state index in [0.29, 0.717) is 10.8 Å². The molecule has 4 aromatic rings. The Morgan fingerprint density at radius 1 is 1.07 bits per heavy atom. The van der Waals surface area contributed by atoms with Crippen molar-refractivity contribution < 1.29 is 4.79 Å². The second-order valence-electron chi connectivity index (χ2n) is 6.18. The lowest BCUT2D eigenvalue weighted by molar-refractivity contribution is -0.117. The molecule has 1 N–H and O–H groups in total. The van der Waals surface area contributed by atoms with Crippen molar-refractivity contribution >= 4 is 33.1 Å². The molecule has 28 heavy (non-hydrogen) atoms. The van der Waals surface area contributed by atoms with Crippen molar-refractivity contribution in [1.82, 2.24) is 20.0 Å². The van der Waals surface area contributed by atoms with Crippen molar-refractivity contribution in [2.75, 3.05) is 5.32 Å². The van der Waals surface area contributed by atoms with Crippen LogP contribution >= 0.6 is 11.3 Å². The predicted molar refractivity (Wildman–Crippen MR) is 109 cm³/mol. The first kappa shape index (κ1) is 18.0. The summed E-state index contributed by atoms with van der Waals surface area (Å²) in [6, 6.07) is 17.1. The highest BCUT2D eigenvalue weighted by atomic mass is 32.1. The van der Waals surface area contributed by atoms with Crippen LogP contribution in [-0.4, -0.2) is 25.9 Å². The van der Waals surface area contributed by atoms with E-state index in [1.165, 1.54) is 17.4 Å². The maximum absolute atomic E-state index is 12.3. The molecular weight excluding hydrogens is 374 g/mol. The van der Waals surface area contributed by atoms with Crippen molar-refractivity contribution in [1.29, 1.82) is 0 Å². The Balaban J connectivity index is 1.57. The summed E-state index contributed by atoms with van der Waals surface area (Å²) in [6.07, 6.45) is 0.752. The van der Waals surface area contributed by atoms with Crippen LogP contribution in [0.1, 0.15) is 11.9 Å². The number of hydrogen-bond donors (Lipinski definition) is 1. The molecule has 4 rings (SSSR count). The zero-order chi connectivity index (χ0) is 19.5. The van der Waals surface area contributed by atoms with Gasteiger partial charge in [-0.3, -0.25) is 14.9 Å². The first-order chi connectivity index (χ1) is 13.6. The molecule has 1 amide bonds. The third-order valence-electron chi connectivity index (χ3n) is 4.22. The zero-order valence-electron chi connectivity index (χ0n) is 15.1. The fourth-order valence-corrected chi connectivity index (χ4v) is 3.50. The van der Waals surface area contributed by atoms with Gasteiger partial charge in [-0.05, 0) is 29.3 Å². The highest BCUT2D eigenvalue weighted by Gasteiger charge is 2.11. The Morgan fingerprint density at radius 3 is 2.68 bits per heavy atom. The standard InChI is InChI=1S/C20H17N5O2S/c1-2-18-22-23-20(28-18)21-17(26)12-25-19(27)10-9-16(24-25)15-8-7-13-5-3-4-6-14(13)11-15/h3-11H,2,12H2,1H3,(H,21,23,26). The molecule has 0 atom stereocenters. The first-order valence-electron chi connectivity index (χ1n) is 8.82. The van der Waals surface area contributed by atoms with E-state index in [1.54, 1.807) is 6.07 Å². The van der Waals surface area contributed by atoms with Crippen LogP contribution < -0.4 is 10.9 Å². The molecule has 0 bridgehead atoms. The number of nitrogens with one attached hydrogen (secondary N) is 1. The quantitative estimate of drug-likeness (QED) is 0.565. The molecule has 2 aromatic carbocycles. The van der Waals surface area contributed by atoms with Crippen molar-refractivity contribution in [2.24, 2.45) is 0 Å². The normalized spacial score (nSPS) is 10.9. The van der Waals surface area contributed by atoms with Gasteiger partial charge in [0.25, 0.3) is 5.56 Å². The SMILES string of the molecule is CCc1nnc(NC(=O)Cn2nc(-c3ccc4ccccc4c3)ccc2=O)s1. The minimum Gasteiger partial charge on any atom is -0.299 e. The number of nitrogens with zero attached hydrogens (tertiary/aromatic N) is 4. The van der Waals surface area contributed by atoms with E-state index in [2.05, 4.69) is 20.6 Å². The van der Waals surface area contributed by atoms with Gasteiger partial charge >= 0.3 is 0 Å². The third-order valence-corrected chi connectivity index (χ3v) is 5.20. The van der Waals surface area contributed by atoms with Crippen LogP contribution in [0.5, 0.6) is 0 Å². The summed E-state index contributed by atoms with van der Waals surface area (Å²) in [6.45, 7) is 1.77. The van der Waals surface area contributed by atoms with Gasteiger partial charge in [0.2, 0.25) is 11.0 Å². The zero-order valence-corrected chi connectivity index (χ0v) is 15.9. The second kappa shape index (κ2) is 7.69. The van der Waals surface area contributed by atoms with Crippen molar-refractivity contribution in [2.45, 2.75) is 19.9 Å². The van der Waals surface area contributed by atoms with Gasteiger partial charge in [0.15, 0.2) is 0 Å². The second-order valence-corrected chi connectivity index (χ2v) is 7.24. The van der Waals surface area contributed by atoms with Crippen LogP contribution in [0, 0.1) is 0 Å². The number of benzene rings is 2. The molecule has 0 aliphatic carbocycles. The molecule has 0 saturated carbocycles. The summed E-state index contributed by atoms with van der Waals surface area (Å²) in [5.74, 6) is -0.371. The van der Waals surface area contributed by atoms with E-state index in [0.717, 1.165) is 32.4 Å². The number of rotatable bonds is 5. The molecule has 8 heteroatoms. The Kier molecular flexibility index (Phi) is 4.94. The summed E-state index contributed by atoms with van der Waals surface area (Å²) in [7, 11) is 0. The van der Waals surface area contributed by atoms with Gasteiger partial charge in [0.05, 0.1) is 5.69 Å². The molecule has 0 spiro atoms. The molecule has 0 aliphatic rings. The highest BCUT2D eigenvalue weighted by molar-refractivity contribution is 7.15. The lowest BCUT2D eigenvalue weighted by atomic mass is 10.1. The maximum Gasteiger partial charge on any atom is 0.267 e. The van der Waals surface area contributed by atoms with Crippen LogP contribution in [0.2, 0.25) is 0 Å². The van der Waals surface area contributed by atoms with Crippen LogP contribution in [0.3, 0.4) is 0 Å². The minimum absolute atomic E-state index is 0.193. The Morgan fingerprint density at radius 2 is 1.89 bits per heavy atom. The van der Waals surface area contributed by atoms with Crippen LogP contribution in [-0.2, 0) is 17.8 Å². The van der Waals surface area contributed by atoms with Gasteiger partial charge in [-0.25, -0.2) is 4.68 Å². The van der Waals surface area contributed by atoms with E-state index in [1.807, 2.05) is 49.4 Å². The smallest absolute Gasteiger partial charge is 0.267 e. The van der Waals surface area contributed by atoms with E-state index < -0.39 is 0 Å². The van der Waals surface area contributed by atoms with E-state index >= 15 is 0 Å². The highest BCUT2D eigenvalue weighted by Crippen LogP contribution is 2.22. The molecule has 0 unspecified atom stereocenters. The molecular formula is C20H17N5O2S. The van der Waals surface area contributed by atoms with E-state index in [4.69, 9.17) is 0 Å². The topological polar surface area (TPSA) is 89.8 Å². The summed E-state index contributed by atoms with van der Waals surface area (Å²) in [4.78, 5) is 24.4. The maximum atomic E-state index is 12.3. The Hall–Kier alpha value is -3.39. The minimum atomic E-state index is -0.371. The number of carbonyl (C=O) groups is 1. The fourth-order valence-electron chi connectivity index (χ4n) is 2.81. The summed E-state index contributed by atoms with van der Waals surface area (Å²) in [5, 5.41) is 18.4. The van der Waals surface area contributed by atoms with Crippen LogP contribution in [0.4, 0.5) is 5.13 Å². The average Bonchev–Trinajstić information content (AvgIpc) is 3.16. The molecule has 0 radical (unpaired) electrons. The van der Waals surface area contributed by atoms with Gasteiger partial charge in [-0.15, -0.1) is 10.2 Å². The van der Waals surface area contributed by atoms with Crippen molar-refractivity contribution in [3.05, 3.63) is 70.0 Å². The van der Waals surface area contributed by atoms with Crippen LogP contribution in [0.25, 0.3) is 22.0 Å². The number of amides is 1. The van der Waals surface area contributed by atoms with E-state index in [-0.39, 0.29) is 18.0 Å². The van der Waals surface area contributed by atoms with Gasteiger partial charge in [0, 0.05) is 11.6 Å². The molecule has 2 aromatic heterocycles. The third kappa shape index (κ3) is 3.81. The number of aromatic nitrogens is 4. The summed E-state index contributed by atoms with van der Waals surface area (Å²) >= 11 is 1.32. The monoisotopic (exact) mass is 391 g/mol. The molecule has 7 nitrogen and oxygen atoms in total. The largest absolute Gasteiger partial charge is 0.299 e. The summed E-state index contributed by atoms with van der Waals surface area (Å²) < 4.78 is 1.15. The number of anilines is 1. The fraction of sp³-hybridized carbons (Fsp3) is 0.150. The summed E-state index contributed by atoms with van der Waals surface area (Å²) in [5.41, 5.74) is 1.16. The Bertz CT molecular complexity index is 1210. The van der Waals surface area contributed by atoms with Gasteiger partial charge in [-0.1, -0.05) is 54.7 Å². The molecule has 0 aliphatic heterocycles. The number of aryl methyl sites for hydroxylation is 1. The first-order valence-corrected chi connectivity index (χ1v) is 9.63. The lowest BCUT2D eigenvalue weighted by Crippen LogP contribution is -2.29. The number of fused-ring (bicyclic) bond motifs is 1. The van der Waals surface area contributed by atoms with Crippen molar-refractivity contribution in [3.8, 4) is 11.3 Å². The number of carbonyl (C=O) groups excluding carboxylic acids is 1. The predicted octanol–water partition coefficient (Wildman–Crippen LogP) is 3.12. The van der Waals surface area contributed by atoms with E-state index in [9.17, 15) is 9.59 Å². The van der Waals surface area contributed by atoms with Crippen LogP contribution in [0.15, 0.2) is 59.4 Å². The molecule has 0 fully saturated rings. The van der Waals surface area contributed by atoms with Gasteiger partial charge in [-0.2, -0.15) is 5.10 Å². The number of hydrogen-bond acceptors (Lipinski definition) is 6. The van der Waals surface area contributed by atoms with Crippen molar-refractivity contribution in [3.63, 3.8) is 0 Å². The van der Waals surface area contributed by atoms with Gasteiger partial charge in [0.1, 0.15) is 11.6 Å². The molecule has 0 saturated heterocycles. The van der Waals surface area contributed by atoms with Gasteiger partial charge < -0.3 is 0 Å². The lowest BCUT2D eigenvalue weighted by Gasteiger charge is -2.08. The average molecular weight is 391 g/mol. The Labute approximate surface area is 164 Å². The molecule has 140 valence electrons.